The van der Waals surface area contributed by atoms with E-state index in [9.17, 15) is 4.79 Å². The van der Waals surface area contributed by atoms with Crippen LogP contribution in [0.15, 0.2) is 33.2 Å². The lowest BCUT2D eigenvalue weighted by molar-refractivity contribution is 0.102. The van der Waals surface area contributed by atoms with Gasteiger partial charge in [-0.05, 0) is 26.8 Å². The second kappa shape index (κ2) is 7.17. The van der Waals surface area contributed by atoms with E-state index in [-0.39, 0.29) is 11.6 Å². The summed E-state index contributed by atoms with van der Waals surface area (Å²) in [5.74, 6) is 0.161. The van der Waals surface area contributed by atoms with Crippen molar-refractivity contribution >= 4 is 34.9 Å². The van der Waals surface area contributed by atoms with Gasteiger partial charge in [0, 0.05) is 5.56 Å². The maximum atomic E-state index is 12.8. The zero-order valence-corrected chi connectivity index (χ0v) is 16.7. The summed E-state index contributed by atoms with van der Waals surface area (Å²) in [5.41, 5.74) is 1.97. The number of thiazole rings is 1. The predicted molar refractivity (Wildman–Crippen MR) is 105 cm³/mol. The van der Waals surface area contributed by atoms with E-state index >= 15 is 0 Å². The summed E-state index contributed by atoms with van der Waals surface area (Å²) in [6.45, 7) is 5.40. The van der Waals surface area contributed by atoms with Crippen LogP contribution in [0, 0.1) is 20.8 Å². The summed E-state index contributed by atoms with van der Waals surface area (Å²) < 4.78 is 10.8. The zero-order valence-electron chi connectivity index (χ0n) is 15.1. The molecule has 3 aromatic heterocycles. The Labute approximate surface area is 168 Å². The van der Waals surface area contributed by atoms with Gasteiger partial charge in [-0.15, -0.1) is 16.4 Å². The van der Waals surface area contributed by atoms with E-state index < -0.39 is 5.91 Å². The van der Waals surface area contributed by atoms with Crippen molar-refractivity contribution in [2.75, 3.05) is 5.32 Å². The maximum absolute atomic E-state index is 12.8. The number of carbonyl (C=O) groups is 1. The van der Waals surface area contributed by atoms with Crippen LogP contribution in [0.1, 0.15) is 26.8 Å². The number of benzene rings is 1. The van der Waals surface area contributed by atoms with Crippen molar-refractivity contribution in [1.29, 1.82) is 0 Å². The lowest BCUT2D eigenvalue weighted by Gasteiger charge is -2.03. The van der Waals surface area contributed by atoms with Gasteiger partial charge < -0.3 is 8.94 Å². The Balaban J connectivity index is 1.63. The first-order valence-corrected chi connectivity index (χ1v) is 9.44. The Bertz CT molecular complexity index is 1180. The molecular weight excluding hydrogens is 402 g/mol. The molecule has 0 aliphatic rings. The van der Waals surface area contributed by atoms with Gasteiger partial charge in [0.05, 0.1) is 15.7 Å². The molecule has 0 radical (unpaired) electrons. The van der Waals surface area contributed by atoms with E-state index in [0.717, 1.165) is 15.6 Å². The average Bonchev–Trinajstić information content (AvgIpc) is 3.34. The fourth-order valence-electron chi connectivity index (χ4n) is 2.73. The number of halogens is 1. The van der Waals surface area contributed by atoms with E-state index in [0.29, 0.717) is 27.9 Å². The number of amides is 1. The molecule has 0 atom stereocenters. The molecule has 0 saturated carbocycles. The Morgan fingerprint density at radius 3 is 2.68 bits per heavy atom. The molecule has 0 aliphatic heterocycles. The molecule has 8 nitrogen and oxygen atoms in total. The minimum atomic E-state index is -0.485. The molecule has 0 saturated heterocycles. The molecule has 4 aromatic rings. The molecule has 1 aromatic carbocycles. The van der Waals surface area contributed by atoms with Gasteiger partial charge in [0.2, 0.25) is 0 Å². The number of nitrogens with one attached hydrogen (secondary N) is 1. The monoisotopic (exact) mass is 415 g/mol. The fraction of sp³-hybridized carbons (Fsp3) is 0.167. The first kappa shape index (κ1) is 18.3. The number of hydrogen-bond acceptors (Lipinski definition) is 8. The summed E-state index contributed by atoms with van der Waals surface area (Å²) in [4.78, 5) is 17.9. The van der Waals surface area contributed by atoms with E-state index in [1.165, 1.54) is 11.3 Å². The topological polar surface area (TPSA) is 107 Å². The van der Waals surface area contributed by atoms with Crippen LogP contribution in [0.4, 0.5) is 6.01 Å². The molecule has 0 bridgehead atoms. The molecule has 28 heavy (non-hydrogen) atoms. The third-order valence-corrected chi connectivity index (χ3v) is 5.35. The van der Waals surface area contributed by atoms with Gasteiger partial charge in [-0.2, -0.15) is 0 Å². The minimum Gasteiger partial charge on any atom is -0.402 e. The fourth-order valence-corrected chi connectivity index (χ4v) is 3.80. The first-order valence-electron chi connectivity index (χ1n) is 8.24. The molecule has 0 fully saturated rings. The molecule has 3 heterocycles. The average molecular weight is 416 g/mol. The minimum absolute atomic E-state index is 0.0313. The molecule has 0 aliphatic carbocycles. The van der Waals surface area contributed by atoms with Crippen LogP contribution in [0.25, 0.3) is 22.0 Å². The number of hydrogen-bond donors (Lipinski definition) is 1. The van der Waals surface area contributed by atoms with Crippen molar-refractivity contribution in [2.24, 2.45) is 0 Å². The van der Waals surface area contributed by atoms with Gasteiger partial charge in [-0.25, -0.2) is 4.98 Å². The second-order valence-corrected chi connectivity index (χ2v) is 7.57. The molecular formula is C18H14ClN5O3S. The van der Waals surface area contributed by atoms with Crippen LogP contribution in [0.3, 0.4) is 0 Å². The third kappa shape index (κ3) is 3.30. The highest BCUT2D eigenvalue weighted by Gasteiger charge is 2.25. The van der Waals surface area contributed by atoms with Crippen LogP contribution in [-0.4, -0.2) is 26.2 Å². The van der Waals surface area contributed by atoms with E-state index in [1.54, 1.807) is 31.2 Å². The SMILES string of the molecule is Cc1nc(C)c(-c2nnc(NC(=O)c3c(-c4ccccc4Cl)noc3C)o2)s1. The smallest absolute Gasteiger partial charge is 0.322 e. The molecule has 142 valence electrons. The van der Waals surface area contributed by atoms with Crippen LogP contribution in [-0.2, 0) is 0 Å². The molecule has 10 heteroatoms. The first-order chi connectivity index (χ1) is 13.4. The quantitative estimate of drug-likeness (QED) is 0.515. The van der Waals surface area contributed by atoms with Crippen LogP contribution >= 0.6 is 22.9 Å². The highest BCUT2D eigenvalue weighted by atomic mass is 35.5. The predicted octanol–water partition coefficient (Wildman–Crippen LogP) is 4.68. The van der Waals surface area contributed by atoms with Crippen LogP contribution < -0.4 is 5.32 Å². The summed E-state index contributed by atoms with van der Waals surface area (Å²) in [6.07, 6.45) is 0. The lowest BCUT2D eigenvalue weighted by Crippen LogP contribution is -2.13. The third-order valence-electron chi connectivity index (χ3n) is 3.96. The van der Waals surface area contributed by atoms with Gasteiger partial charge in [0.25, 0.3) is 11.8 Å². The summed E-state index contributed by atoms with van der Waals surface area (Å²) in [5, 5.41) is 15.8. The standard InChI is InChI=1S/C18H14ClN5O3S/c1-8-15(28-10(3)20-8)17-22-23-18(26-17)21-16(25)13-9(2)27-24-14(13)11-6-4-5-7-12(11)19/h4-7H,1-3H3,(H,21,23,25). The Hall–Kier alpha value is -3.04. The number of aryl methyl sites for hydroxylation is 3. The maximum Gasteiger partial charge on any atom is 0.322 e. The van der Waals surface area contributed by atoms with Gasteiger partial charge in [-0.1, -0.05) is 40.1 Å². The van der Waals surface area contributed by atoms with Crippen molar-refractivity contribution in [2.45, 2.75) is 20.8 Å². The number of nitrogens with zero attached hydrogens (tertiary/aromatic N) is 4. The molecule has 4 rings (SSSR count). The highest BCUT2D eigenvalue weighted by Crippen LogP contribution is 2.32. The van der Waals surface area contributed by atoms with Crippen molar-refractivity contribution < 1.29 is 13.7 Å². The lowest BCUT2D eigenvalue weighted by atomic mass is 10.1. The highest BCUT2D eigenvalue weighted by molar-refractivity contribution is 7.15. The number of carbonyl (C=O) groups excluding carboxylic acids is 1. The summed E-state index contributed by atoms with van der Waals surface area (Å²) in [6, 6.07) is 7.04. The Morgan fingerprint density at radius 1 is 1.18 bits per heavy atom. The van der Waals surface area contributed by atoms with Gasteiger partial charge in [0.1, 0.15) is 21.9 Å². The van der Waals surface area contributed by atoms with Crippen molar-refractivity contribution in [3.05, 3.63) is 51.3 Å². The molecule has 1 amide bonds. The van der Waals surface area contributed by atoms with Crippen LogP contribution in [0.2, 0.25) is 5.02 Å². The zero-order chi connectivity index (χ0) is 19.8. The number of rotatable bonds is 4. The molecule has 1 N–H and O–H groups in total. The van der Waals surface area contributed by atoms with Crippen molar-refractivity contribution in [3.8, 4) is 22.0 Å². The Morgan fingerprint density at radius 2 is 1.96 bits per heavy atom. The summed E-state index contributed by atoms with van der Waals surface area (Å²) >= 11 is 7.68. The second-order valence-electron chi connectivity index (χ2n) is 5.96. The summed E-state index contributed by atoms with van der Waals surface area (Å²) in [7, 11) is 0. The van der Waals surface area contributed by atoms with E-state index in [1.807, 2.05) is 13.8 Å². The molecule has 0 spiro atoms. The van der Waals surface area contributed by atoms with Gasteiger partial charge >= 0.3 is 6.01 Å². The largest absolute Gasteiger partial charge is 0.402 e. The molecule has 0 unspecified atom stereocenters. The van der Waals surface area contributed by atoms with E-state index in [4.69, 9.17) is 20.5 Å². The van der Waals surface area contributed by atoms with Crippen molar-refractivity contribution in [3.63, 3.8) is 0 Å². The number of anilines is 1. The van der Waals surface area contributed by atoms with Crippen molar-refractivity contribution in [1.82, 2.24) is 20.3 Å². The number of aromatic nitrogens is 4. The van der Waals surface area contributed by atoms with Gasteiger partial charge in [-0.3, -0.25) is 10.1 Å². The Kier molecular flexibility index (Phi) is 4.70. The van der Waals surface area contributed by atoms with E-state index in [2.05, 4.69) is 25.7 Å². The van der Waals surface area contributed by atoms with Gasteiger partial charge in [0.15, 0.2) is 0 Å². The van der Waals surface area contributed by atoms with Crippen LogP contribution in [0.5, 0.6) is 0 Å². The normalized spacial score (nSPS) is 11.0.